The summed E-state index contributed by atoms with van der Waals surface area (Å²) in [5.74, 6) is 0. The topological polar surface area (TPSA) is 97.2 Å². The summed E-state index contributed by atoms with van der Waals surface area (Å²) in [6.45, 7) is 6.12. The fourth-order valence-electron chi connectivity index (χ4n) is 3.47. The largest absolute Gasteiger partial charge is 0.376 e. The zero-order valence-corrected chi connectivity index (χ0v) is 16.9. The van der Waals surface area contributed by atoms with Gasteiger partial charge in [-0.15, -0.1) is 5.10 Å². The number of anilines is 1. The van der Waals surface area contributed by atoms with E-state index in [4.69, 9.17) is 4.74 Å². The van der Waals surface area contributed by atoms with Crippen LogP contribution in [0, 0.1) is 0 Å². The third-order valence-corrected chi connectivity index (χ3v) is 4.91. The second-order valence-electron chi connectivity index (χ2n) is 7.35. The van der Waals surface area contributed by atoms with E-state index in [0.717, 1.165) is 37.5 Å². The molecule has 1 fully saturated rings. The molecule has 2 heterocycles. The van der Waals surface area contributed by atoms with Crippen LogP contribution in [0.15, 0.2) is 54.9 Å². The number of ether oxygens (including phenoxy) is 1. The minimum absolute atomic E-state index is 0.252. The maximum atomic E-state index is 12.3. The van der Waals surface area contributed by atoms with Gasteiger partial charge in [-0.25, -0.2) is 9.48 Å². The number of hydrogen-bond donors (Lipinski definition) is 2. The Labute approximate surface area is 175 Å². The Hall–Kier alpha value is -3.30. The third-order valence-electron chi connectivity index (χ3n) is 4.91. The molecule has 4 rings (SSSR count). The van der Waals surface area contributed by atoms with E-state index in [1.54, 1.807) is 16.8 Å². The van der Waals surface area contributed by atoms with Crippen LogP contribution in [0.25, 0.3) is 5.69 Å². The van der Waals surface area contributed by atoms with Crippen molar-refractivity contribution in [1.29, 1.82) is 0 Å². The molecule has 0 unspecified atom stereocenters. The van der Waals surface area contributed by atoms with E-state index in [2.05, 4.69) is 50.1 Å². The van der Waals surface area contributed by atoms with Gasteiger partial charge < -0.3 is 15.4 Å². The number of hydrogen-bond acceptors (Lipinski definition) is 6. The smallest absolute Gasteiger partial charge is 0.319 e. The summed E-state index contributed by atoms with van der Waals surface area (Å²) in [7, 11) is 0. The van der Waals surface area contributed by atoms with Crippen molar-refractivity contribution in [2.24, 2.45) is 0 Å². The molecule has 1 atom stereocenters. The van der Waals surface area contributed by atoms with Gasteiger partial charge in [0.2, 0.25) is 0 Å². The van der Waals surface area contributed by atoms with Crippen molar-refractivity contribution < 1.29 is 9.53 Å². The average Bonchev–Trinajstić information content (AvgIpc) is 3.28. The number of tetrazole rings is 1. The van der Waals surface area contributed by atoms with Gasteiger partial charge in [-0.05, 0) is 52.7 Å². The number of aromatic nitrogens is 4. The summed E-state index contributed by atoms with van der Waals surface area (Å²) >= 11 is 0. The van der Waals surface area contributed by atoms with E-state index < -0.39 is 0 Å². The normalized spacial score (nSPS) is 16.9. The summed E-state index contributed by atoms with van der Waals surface area (Å²) in [4.78, 5) is 14.7. The summed E-state index contributed by atoms with van der Waals surface area (Å²) in [6, 6.07) is 15.3. The standard InChI is InChI=1S/C21H25N7O2/c1-16-13-27(9-10-30-16)14-18-4-2-3-17(11-18)12-22-21(29)24-19-5-7-20(8-6-19)28-15-23-25-26-28/h2-8,11,15-16H,9-10,12-14H2,1H3,(H2,22,24,29)/t16-/m0/s1. The Bertz CT molecular complexity index is 960. The molecular weight excluding hydrogens is 382 g/mol. The summed E-state index contributed by atoms with van der Waals surface area (Å²) in [6.07, 6.45) is 1.79. The number of carbonyl (C=O) groups excluding carboxylic acids is 1. The minimum atomic E-state index is -0.252. The van der Waals surface area contributed by atoms with Crippen LogP contribution in [0.5, 0.6) is 0 Å². The van der Waals surface area contributed by atoms with E-state index in [0.29, 0.717) is 12.2 Å². The van der Waals surface area contributed by atoms with Crippen molar-refractivity contribution in [3.63, 3.8) is 0 Å². The van der Waals surface area contributed by atoms with Gasteiger partial charge >= 0.3 is 6.03 Å². The lowest BCUT2D eigenvalue weighted by Gasteiger charge is -2.31. The first-order chi connectivity index (χ1) is 14.7. The molecule has 0 radical (unpaired) electrons. The van der Waals surface area contributed by atoms with Crippen molar-refractivity contribution >= 4 is 11.7 Å². The predicted molar refractivity (Wildman–Crippen MR) is 112 cm³/mol. The highest BCUT2D eigenvalue weighted by Crippen LogP contribution is 2.13. The van der Waals surface area contributed by atoms with Crippen LogP contribution in [-0.2, 0) is 17.8 Å². The molecule has 0 saturated carbocycles. The number of carbonyl (C=O) groups is 1. The fourth-order valence-corrected chi connectivity index (χ4v) is 3.47. The SMILES string of the molecule is C[C@H]1CN(Cc2cccc(CNC(=O)Nc3ccc(-n4cnnn4)cc3)c2)CCO1. The Morgan fingerprint density at radius 1 is 1.20 bits per heavy atom. The highest BCUT2D eigenvalue weighted by Gasteiger charge is 2.16. The van der Waals surface area contributed by atoms with E-state index in [1.807, 2.05) is 24.3 Å². The summed E-state index contributed by atoms with van der Waals surface area (Å²) in [5, 5.41) is 16.8. The molecular formula is C21H25N7O2. The second-order valence-corrected chi connectivity index (χ2v) is 7.35. The number of nitrogens with one attached hydrogen (secondary N) is 2. The van der Waals surface area contributed by atoms with Crippen molar-refractivity contribution in [2.75, 3.05) is 25.0 Å². The quantitative estimate of drug-likeness (QED) is 0.650. The maximum Gasteiger partial charge on any atom is 0.319 e. The molecule has 156 valence electrons. The Morgan fingerprint density at radius 3 is 2.80 bits per heavy atom. The molecule has 30 heavy (non-hydrogen) atoms. The first kappa shape index (κ1) is 20.0. The number of urea groups is 1. The monoisotopic (exact) mass is 407 g/mol. The van der Waals surface area contributed by atoms with Gasteiger partial charge in [-0.3, -0.25) is 4.90 Å². The van der Waals surface area contributed by atoms with Crippen molar-refractivity contribution in [1.82, 2.24) is 30.4 Å². The van der Waals surface area contributed by atoms with Crippen LogP contribution in [0.2, 0.25) is 0 Å². The van der Waals surface area contributed by atoms with Gasteiger partial charge in [0.05, 0.1) is 18.4 Å². The molecule has 1 aliphatic rings. The van der Waals surface area contributed by atoms with Gasteiger partial charge in [0, 0.05) is 31.9 Å². The van der Waals surface area contributed by atoms with Crippen LogP contribution < -0.4 is 10.6 Å². The maximum absolute atomic E-state index is 12.3. The van der Waals surface area contributed by atoms with E-state index >= 15 is 0 Å². The van der Waals surface area contributed by atoms with Crippen LogP contribution in [0.3, 0.4) is 0 Å². The van der Waals surface area contributed by atoms with Gasteiger partial charge in [-0.1, -0.05) is 24.3 Å². The highest BCUT2D eigenvalue weighted by molar-refractivity contribution is 5.89. The number of rotatable bonds is 6. The zero-order valence-electron chi connectivity index (χ0n) is 16.9. The number of morpholine rings is 1. The van der Waals surface area contributed by atoms with E-state index in [9.17, 15) is 4.79 Å². The molecule has 0 spiro atoms. The molecule has 9 heteroatoms. The van der Waals surface area contributed by atoms with Crippen LogP contribution in [0.1, 0.15) is 18.1 Å². The molecule has 1 aromatic heterocycles. The van der Waals surface area contributed by atoms with Crippen molar-refractivity contribution in [2.45, 2.75) is 26.1 Å². The molecule has 3 aromatic rings. The first-order valence-corrected chi connectivity index (χ1v) is 9.96. The van der Waals surface area contributed by atoms with Crippen LogP contribution in [0.4, 0.5) is 10.5 Å². The molecule has 0 aliphatic carbocycles. The lowest BCUT2D eigenvalue weighted by Crippen LogP contribution is -2.40. The molecule has 0 bridgehead atoms. The number of nitrogens with zero attached hydrogens (tertiary/aromatic N) is 5. The van der Waals surface area contributed by atoms with Crippen LogP contribution >= 0.6 is 0 Å². The van der Waals surface area contributed by atoms with Gasteiger partial charge in [0.25, 0.3) is 0 Å². The van der Waals surface area contributed by atoms with Crippen molar-refractivity contribution in [3.05, 3.63) is 66.0 Å². The average molecular weight is 407 g/mol. The second kappa shape index (κ2) is 9.47. The first-order valence-electron chi connectivity index (χ1n) is 9.96. The molecule has 1 saturated heterocycles. The third kappa shape index (κ3) is 5.40. The van der Waals surface area contributed by atoms with E-state index in [-0.39, 0.29) is 12.1 Å². The molecule has 2 N–H and O–H groups in total. The van der Waals surface area contributed by atoms with Crippen molar-refractivity contribution in [3.8, 4) is 5.69 Å². The lowest BCUT2D eigenvalue weighted by atomic mass is 10.1. The summed E-state index contributed by atoms with van der Waals surface area (Å²) in [5.41, 5.74) is 3.82. The number of amides is 2. The zero-order chi connectivity index (χ0) is 20.8. The van der Waals surface area contributed by atoms with E-state index in [1.165, 1.54) is 11.9 Å². The van der Waals surface area contributed by atoms with Gasteiger partial charge in [0.15, 0.2) is 0 Å². The molecule has 9 nitrogen and oxygen atoms in total. The molecule has 2 amide bonds. The Balaban J connectivity index is 1.27. The number of benzene rings is 2. The van der Waals surface area contributed by atoms with Gasteiger partial charge in [-0.2, -0.15) is 0 Å². The van der Waals surface area contributed by atoms with Crippen LogP contribution in [-0.4, -0.2) is 56.9 Å². The Kier molecular flexibility index (Phi) is 6.31. The molecule has 1 aliphatic heterocycles. The molecule has 2 aromatic carbocycles. The summed E-state index contributed by atoms with van der Waals surface area (Å²) < 4.78 is 7.15. The highest BCUT2D eigenvalue weighted by atomic mass is 16.5. The predicted octanol–water partition coefficient (Wildman–Crippen LogP) is 2.20. The lowest BCUT2D eigenvalue weighted by molar-refractivity contribution is -0.0212. The fraction of sp³-hybridized carbons (Fsp3) is 0.333. The van der Waals surface area contributed by atoms with Gasteiger partial charge in [0.1, 0.15) is 6.33 Å². The Morgan fingerprint density at radius 2 is 2.03 bits per heavy atom. The minimum Gasteiger partial charge on any atom is -0.376 e.